The number of amides is 6. The molecule has 2 aromatic rings. The molecular formula is C44H64FN11O12. The van der Waals surface area contributed by atoms with Crippen molar-refractivity contribution in [3.05, 3.63) is 47.8 Å². The molecule has 1 saturated heterocycles. The van der Waals surface area contributed by atoms with E-state index in [4.69, 9.17) is 11.1 Å². The van der Waals surface area contributed by atoms with Gasteiger partial charge in [-0.3, -0.25) is 48.8 Å². The van der Waals surface area contributed by atoms with Gasteiger partial charge in [-0.1, -0.05) is 42.0 Å². The van der Waals surface area contributed by atoms with Crippen LogP contribution >= 0.6 is 0 Å². The lowest BCUT2D eigenvalue weighted by atomic mass is 9.73. The predicted molar refractivity (Wildman–Crippen MR) is 238 cm³/mol. The van der Waals surface area contributed by atoms with Crippen LogP contribution in [0.15, 0.2) is 36.5 Å². The van der Waals surface area contributed by atoms with Crippen molar-refractivity contribution in [3.63, 3.8) is 0 Å². The van der Waals surface area contributed by atoms with Crippen molar-refractivity contribution in [2.24, 2.45) is 17.6 Å². The fourth-order valence-corrected chi connectivity index (χ4v) is 8.02. The van der Waals surface area contributed by atoms with E-state index in [0.717, 1.165) is 5.01 Å². The molecule has 374 valence electrons. The molecule has 1 aromatic carbocycles. The summed E-state index contributed by atoms with van der Waals surface area (Å²) in [6.45, 7) is -0.880. The van der Waals surface area contributed by atoms with Gasteiger partial charge in [0.15, 0.2) is 11.6 Å². The van der Waals surface area contributed by atoms with Gasteiger partial charge in [-0.2, -0.15) is 0 Å². The number of unbranched alkanes of at least 4 members (excludes halogenated alkanes) is 2. The molecule has 1 aliphatic carbocycles. The Kier molecular flexibility index (Phi) is 21.9. The number of hydrazine groups is 1. The van der Waals surface area contributed by atoms with Gasteiger partial charge in [-0.15, -0.1) is 5.10 Å². The molecule has 24 heteroatoms. The van der Waals surface area contributed by atoms with Crippen molar-refractivity contribution in [3.8, 4) is 0 Å². The summed E-state index contributed by atoms with van der Waals surface area (Å²) < 4.78 is 13.8. The first kappa shape index (κ1) is 54.2. The molecule has 8 atom stereocenters. The number of nitrogens with zero attached hydrogens (tertiary/aromatic N) is 4. The van der Waals surface area contributed by atoms with Crippen LogP contribution in [0.3, 0.4) is 0 Å². The van der Waals surface area contributed by atoms with Gasteiger partial charge in [-0.25, -0.2) is 14.5 Å². The van der Waals surface area contributed by atoms with Gasteiger partial charge >= 0.3 is 12.0 Å². The van der Waals surface area contributed by atoms with Crippen molar-refractivity contribution in [1.29, 1.82) is 5.41 Å². The van der Waals surface area contributed by atoms with Gasteiger partial charge in [0.2, 0.25) is 17.7 Å². The summed E-state index contributed by atoms with van der Waals surface area (Å²) in [5.74, 6) is -7.45. The second kappa shape index (κ2) is 27.4. The van der Waals surface area contributed by atoms with Crippen LogP contribution in [0.1, 0.15) is 101 Å². The third-order valence-corrected chi connectivity index (χ3v) is 11.8. The standard InChI is InChI=1S/C44H64FN11O12/c45-19-8-11-28-24-55(54-52-28)25-29(57)16-15-27-21-30(39(63)40(64)38(27)62)41(65)48-20-7-6-13-32-42(66)50-31(12-4-5-14-35(46)47)34(58)17-18-36(59)49-33(22-37(60)61)43(67)53-56(44(68)51-32)23-26-9-2-1-3-10-26/h1-3,9-10,24,27,30-33,38-40,62-64H,4-8,11-23,25H2,(H3,46,47)(H,48,65)(H,49,59)(H,50,66)(H,51,68)(H,53,67)(H,60,61)/t27-,30?,31-,32-,33-,38+,39+,40?/m0/s1/i45-1. The molecular weight excluding hydrogens is 893 g/mol. The number of hydrogen-bond acceptors (Lipinski definition) is 14. The number of aliphatic hydroxyl groups excluding tert-OH is 3. The monoisotopic (exact) mass is 956 g/mol. The zero-order chi connectivity index (χ0) is 49.8. The van der Waals surface area contributed by atoms with Gasteiger partial charge in [0.05, 0.1) is 55.3 Å². The highest BCUT2D eigenvalue weighted by Crippen LogP contribution is 2.33. The summed E-state index contributed by atoms with van der Waals surface area (Å²) in [4.78, 5) is 106. The van der Waals surface area contributed by atoms with E-state index in [0.29, 0.717) is 30.5 Å². The average molecular weight is 957 g/mol. The van der Waals surface area contributed by atoms with Gasteiger partial charge in [0.25, 0.3) is 5.91 Å². The Morgan fingerprint density at radius 1 is 0.838 bits per heavy atom. The third-order valence-electron chi connectivity index (χ3n) is 11.8. The number of carboxylic acid groups (broad SMARTS) is 1. The third kappa shape index (κ3) is 17.7. The van der Waals surface area contributed by atoms with Crippen molar-refractivity contribution in [2.75, 3.05) is 13.2 Å². The molecule has 1 aromatic heterocycles. The maximum Gasteiger partial charge on any atom is 0.337 e. The SMILES string of the molecule is N=C(N)CCCC[C@@H]1NC(=O)[C@H](CCCCNC(=O)C2C[C@H](CCC(=O)Cn3cc(CCC[18F])nn3)[C@@H](O)C(O)[C@@H]2O)NC(=O)N(Cc2ccccc2)NC(=O)[C@H](CC(=O)O)NC(=O)CCC1=O. The topological polar surface area (TPSA) is 361 Å². The molecule has 2 fully saturated rings. The number of rotatable bonds is 23. The molecule has 12 N–H and O–H groups in total. The van der Waals surface area contributed by atoms with E-state index in [1.807, 2.05) is 0 Å². The number of aryl methyl sites for hydroxylation is 1. The Hall–Kier alpha value is -6.40. The van der Waals surface area contributed by atoms with Gasteiger partial charge in [0, 0.05) is 38.4 Å². The fourth-order valence-electron chi connectivity index (χ4n) is 8.02. The Bertz CT molecular complexity index is 2060. The molecule has 6 amide bonds. The molecule has 2 heterocycles. The van der Waals surface area contributed by atoms with E-state index in [-0.39, 0.29) is 95.5 Å². The lowest BCUT2D eigenvalue weighted by molar-refractivity contribution is -0.156. The fraction of sp³-hybridized carbons (Fsp3) is 0.614. The smallest absolute Gasteiger partial charge is 0.337 e. The average Bonchev–Trinajstić information content (AvgIpc) is 3.75. The van der Waals surface area contributed by atoms with Crippen LogP contribution in [0.5, 0.6) is 0 Å². The highest BCUT2D eigenvalue weighted by Gasteiger charge is 2.45. The largest absolute Gasteiger partial charge is 0.481 e. The molecule has 2 unspecified atom stereocenters. The number of Topliss-reactive ketones (excluding diaryl/α,β-unsaturated/α-hetero) is 2. The van der Waals surface area contributed by atoms with Crippen molar-refractivity contribution >= 4 is 53.0 Å². The van der Waals surface area contributed by atoms with Crippen LogP contribution in [0.2, 0.25) is 0 Å². The predicted octanol–water partition coefficient (Wildman–Crippen LogP) is -0.550. The molecule has 4 rings (SSSR count). The first-order chi connectivity index (χ1) is 32.4. The minimum absolute atomic E-state index is 0.0107. The van der Waals surface area contributed by atoms with Crippen LogP contribution in [-0.2, 0) is 53.1 Å². The number of ketones is 2. The lowest BCUT2D eigenvalue weighted by Crippen LogP contribution is -2.59. The van der Waals surface area contributed by atoms with Crippen LogP contribution in [-0.4, -0.2) is 143 Å². The summed E-state index contributed by atoms with van der Waals surface area (Å²) in [5.41, 5.74) is 8.92. The summed E-state index contributed by atoms with van der Waals surface area (Å²) in [7, 11) is 0. The Labute approximate surface area is 392 Å². The van der Waals surface area contributed by atoms with Gasteiger partial charge in [0.1, 0.15) is 24.7 Å². The maximum atomic E-state index is 14.0. The van der Waals surface area contributed by atoms with E-state index in [9.17, 15) is 63.2 Å². The number of aromatic nitrogens is 3. The van der Waals surface area contributed by atoms with Crippen LogP contribution < -0.4 is 32.4 Å². The highest BCUT2D eigenvalue weighted by molar-refractivity contribution is 5.96. The Morgan fingerprint density at radius 3 is 2.26 bits per heavy atom. The van der Waals surface area contributed by atoms with Gasteiger partial charge < -0.3 is 47.4 Å². The van der Waals surface area contributed by atoms with E-state index in [1.54, 1.807) is 36.5 Å². The van der Waals surface area contributed by atoms with Crippen molar-refractivity contribution in [1.82, 2.24) is 46.7 Å². The number of amidine groups is 1. The number of aliphatic carboxylic acids is 1. The lowest BCUT2D eigenvalue weighted by Gasteiger charge is -2.39. The molecule has 1 saturated carbocycles. The molecule has 68 heavy (non-hydrogen) atoms. The molecule has 1 aliphatic heterocycles. The Balaban J connectivity index is 1.44. The zero-order valence-electron chi connectivity index (χ0n) is 37.8. The van der Waals surface area contributed by atoms with E-state index in [1.165, 1.54) is 4.68 Å². The molecule has 2 aliphatic rings. The molecule has 0 spiro atoms. The van der Waals surface area contributed by atoms with Crippen molar-refractivity contribution < 1.29 is 63.2 Å². The second-order valence-electron chi connectivity index (χ2n) is 17.2. The number of urea groups is 1. The number of carbonyl (C=O) groups excluding carboxylic acids is 7. The van der Waals surface area contributed by atoms with Crippen LogP contribution in [0, 0.1) is 17.2 Å². The summed E-state index contributed by atoms with van der Waals surface area (Å²) in [6, 6.07) is 3.27. The number of carboxylic acids is 1. The maximum absolute atomic E-state index is 14.0. The molecule has 23 nitrogen and oxygen atoms in total. The summed E-state index contributed by atoms with van der Waals surface area (Å²) >= 11 is 0. The number of halogens is 1. The van der Waals surface area contributed by atoms with E-state index < -0.39 is 109 Å². The quantitative estimate of drug-likeness (QED) is 0.0378. The molecule has 0 bridgehead atoms. The summed E-state index contributed by atoms with van der Waals surface area (Å²) in [6.07, 6.45) is -2.76. The number of hydrogen-bond donors (Lipinski definition) is 11. The van der Waals surface area contributed by atoms with Crippen molar-refractivity contribution in [2.45, 2.75) is 146 Å². The number of alkyl halides is 1. The molecule has 0 radical (unpaired) electrons. The van der Waals surface area contributed by atoms with Crippen LogP contribution in [0.4, 0.5) is 9.18 Å². The van der Waals surface area contributed by atoms with E-state index in [2.05, 4.69) is 37.0 Å². The number of carbonyl (C=O) groups is 8. The normalized spacial score (nSPS) is 24.1. The van der Waals surface area contributed by atoms with Gasteiger partial charge in [-0.05, 0) is 69.3 Å². The Morgan fingerprint density at radius 2 is 1.56 bits per heavy atom. The second-order valence-corrected chi connectivity index (χ2v) is 17.2. The number of benzene rings is 1. The minimum Gasteiger partial charge on any atom is -0.481 e. The summed E-state index contributed by atoms with van der Waals surface area (Å²) in [5, 5.41) is 68.2. The zero-order valence-corrected chi connectivity index (χ0v) is 37.8. The minimum atomic E-state index is -1.68. The highest BCUT2D eigenvalue weighted by atomic mass is 18.2. The first-order valence-corrected chi connectivity index (χ1v) is 22.8. The van der Waals surface area contributed by atoms with E-state index >= 15 is 0 Å². The number of nitrogens with one attached hydrogen (secondary N) is 6. The van der Waals surface area contributed by atoms with Crippen LogP contribution in [0.25, 0.3) is 0 Å². The number of nitrogens with two attached hydrogens (primary N) is 1. The first-order valence-electron chi connectivity index (χ1n) is 22.8. The number of aliphatic hydroxyl groups is 3.